The Labute approximate surface area is 125 Å². The fraction of sp³-hybridized carbons (Fsp3) is 0.500. The van der Waals surface area contributed by atoms with Gasteiger partial charge in [-0.2, -0.15) is 0 Å². The SMILES string of the molecule is CCc1ccc(NC(=O)NCCC(=O)N2CCCC2)cc1. The number of carbonyl (C=O) groups excluding carboxylic acids is 2. The third-order valence-corrected chi connectivity index (χ3v) is 3.70. The lowest BCUT2D eigenvalue weighted by molar-refractivity contribution is -0.129. The monoisotopic (exact) mass is 289 g/mol. The zero-order valence-corrected chi connectivity index (χ0v) is 12.5. The van der Waals surface area contributed by atoms with Gasteiger partial charge >= 0.3 is 6.03 Å². The zero-order chi connectivity index (χ0) is 15.1. The number of amides is 3. The first-order valence-corrected chi connectivity index (χ1v) is 7.60. The van der Waals surface area contributed by atoms with Gasteiger partial charge in [-0.25, -0.2) is 4.79 Å². The third-order valence-electron chi connectivity index (χ3n) is 3.70. The van der Waals surface area contributed by atoms with Crippen molar-refractivity contribution in [3.8, 4) is 0 Å². The minimum Gasteiger partial charge on any atom is -0.343 e. The summed E-state index contributed by atoms with van der Waals surface area (Å²) in [5.41, 5.74) is 1.99. The Morgan fingerprint density at radius 1 is 1.14 bits per heavy atom. The summed E-state index contributed by atoms with van der Waals surface area (Å²) in [5, 5.41) is 5.48. The van der Waals surface area contributed by atoms with Gasteiger partial charge in [0.05, 0.1) is 0 Å². The highest BCUT2D eigenvalue weighted by molar-refractivity contribution is 5.89. The number of hydrogen-bond acceptors (Lipinski definition) is 2. The minimum atomic E-state index is -0.270. The molecule has 0 unspecified atom stereocenters. The van der Waals surface area contributed by atoms with E-state index in [2.05, 4.69) is 17.6 Å². The molecule has 0 bridgehead atoms. The predicted molar refractivity (Wildman–Crippen MR) is 83.3 cm³/mol. The number of benzene rings is 1. The summed E-state index contributed by atoms with van der Waals surface area (Å²) < 4.78 is 0. The van der Waals surface area contributed by atoms with Crippen LogP contribution in [0, 0.1) is 0 Å². The Morgan fingerprint density at radius 2 is 1.81 bits per heavy atom. The molecule has 0 aliphatic carbocycles. The zero-order valence-electron chi connectivity index (χ0n) is 12.5. The second kappa shape index (κ2) is 7.67. The van der Waals surface area contributed by atoms with Crippen molar-refractivity contribution in [3.63, 3.8) is 0 Å². The smallest absolute Gasteiger partial charge is 0.319 e. The van der Waals surface area contributed by atoms with Crippen LogP contribution in [0.1, 0.15) is 31.7 Å². The van der Waals surface area contributed by atoms with Gasteiger partial charge in [0.25, 0.3) is 0 Å². The molecule has 1 fully saturated rings. The van der Waals surface area contributed by atoms with Gasteiger partial charge in [0.1, 0.15) is 0 Å². The van der Waals surface area contributed by atoms with E-state index in [-0.39, 0.29) is 11.9 Å². The lowest BCUT2D eigenvalue weighted by Crippen LogP contribution is -2.34. The molecule has 0 radical (unpaired) electrons. The standard InChI is InChI=1S/C16H23N3O2/c1-2-13-5-7-14(8-6-13)18-16(21)17-10-9-15(20)19-11-3-4-12-19/h5-8H,2-4,9-12H2,1H3,(H2,17,18,21). The molecule has 1 aromatic carbocycles. The summed E-state index contributed by atoms with van der Waals surface area (Å²) >= 11 is 0. The highest BCUT2D eigenvalue weighted by atomic mass is 16.2. The molecule has 1 aromatic rings. The van der Waals surface area contributed by atoms with Gasteiger partial charge in [0.15, 0.2) is 0 Å². The van der Waals surface area contributed by atoms with Gasteiger partial charge in [-0.05, 0) is 37.0 Å². The maximum absolute atomic E-state index is 11.8. The molecule has 21 heavy (non-hydrogen) atoms. The molecular weight excluding hydrogens is 266 g/mol. The van der Waals surface area contributed by atoms with Crippen molar-refractivity contribution >= 4 is 17.6 Å². The molecule has 5 nitrogen and oxygen atoms in total. The topological polar surface area (TPSA) is 61.4 Å². The molecule has 0 saturated carbocycles. The summed E-state index contributed by atoms with van der Waals surface area (Å²) in [6.07, 6.45) is 3.52. The summed E-state index contributed by atoms with van der Waals surface area (Å²) in [5.74, 6) is 0.125. The van der Waals surface area contributed by atoms with Gasteiger partial charge in [0, 0.05) is 31.7 Å². The van der Waals surface area contributed by atoms with Crippen LogP contribution in [0.2, 0.25) is 0 Å². The summed E-state index contributed by atoms with van der Waals surface area (Å²) in [4.78, 5) is 25.4. The molecule has 2 rings (SSSR count). The van der Waals surface area contributed by atoms with E-state index >= 15 is 0 Å². The second-order valence-electron chi connectivity index (χ2n) is 5.27. The van der Waals surface area contributed by atoms with Crippen molar-refractivity contribution in [1.29, 1.82) is 0 Å². The van der Waals surface area contributed by atoms with Crippen LogP contribution in [-0.2, 0) is 11.2 Å². The van der Waals surface area contributed by atoms with Crippen LogP contribution in [-0.4, -0.2) is 36.5 Å². The normalized spacial score (nSPS) is 14.0. The van der Waals surface area contributed by atoms with E-state index in [0.29, 0.717) is 13.0 Å². The second-order valence-corrected chi connectivity index (χ2v) is 5.27. The van der Waals surface area contributed by atoms with Crippen molar-refractivity contribution in [2.45, 2.75) is 32.6 Å². The Hall–Kier alpha value is -2.04. The Bertz CT molecular complexity index is 479. The summed E-state index contributed by atoms with van der Waals surface area (Å²) in [6, 6.07) is 7.48. The van der Waals surface area contributed by atoms with Crippen molar-refractivity contribution < 1.29 is 9.59 Å². The number of hydrogen-bond donors (Lipinski definition) is 2. The first kappa shape index (κ1) is 15.4. The number of carbonyl (C=O) groups is 2. The van der Waals surface area contributed by atoms with Gasteiger partial charge in [-0.15, -0.1) is 0 Å². The fourth-order valence-corrected chi connectivity index (χ4v) is 2.41. The van der Waals surface area contributed by atoms with Crippen LogP contribution < -0.4 is 10.6 Å². The largest absolute Gasteiger partial charge is 0.343 e. The third kappa shape index (κ3) is 4.77. The molecule has 2 N–H and O–H groups in total. The first-order valence-electron chi connectivity index (χ1n) is 7.60. The van der Waals surface area contributed by atoms with Gasteiger partial charge in [0.2, 0.25) is 5.91 Å². The molecule has 1 aliphatic heterocycles. The predicted octanol–water partition coefficient (Wildman–Crippen LogP) is 2.38. The van der Waals surface area contributed by atoms with Crippen molar-refractivity contribution in [1.82, 2.24) is 10.2 Å². The molecule has 3 amide bonds. The van der Waals surface area contributed by atoms with E-state index in [0.717, 1.165) is 38.0 Å². The van der Waals surface area contributed by atoms with Crippen LogP contribution in [0.4, 0.5) is 10.5 Å². The van der Waals surface area contributed by atoms with Gasteiger partial charge < -0.3 is 15.5 Å². The van der Waals surface area contributed by atoms with Crippen LogP contribution in [0.15, 0.2) is 24.3 Å². The highest BCUT2D eigenvalue weighted by Gasteiger charge is 2.17. The van der Waals surface area contributed by atoms with E-state index in [1.54, 1.807) is 0 Å². The van der Waals surface area contributed by atoms with Crippen molar-refractivity contribution in [2.24, 2.45) is 0 Å². The minimum absolute atomic E-state index is 0.125. The number of anilines is 1. The number of aryl methyl sites for hydroxylation is 1. The number of rotatable bonds is 5. The molecule has 114 valence electrons. The Kier molecular flexibility index (Phi) is 5.60. The number of likely N-dealkylation sites (tertiary alicyclic amines) is 1. The van der Waals surface area contributed by atoms with E-state index in [1.165, 1.54) is 5.56 Å². The molecule has 1 saturated heterocycles. The maximum Gasteiger partial charge on any atom is 0.319 e. The summed E-state index contributed by atoms with van der Waals surface area (Å²) in [7, 11) is 0. The van der Waals surface area contributed by atoms with Crippen molar-refractivity contribution in [3.05, 3.63) is 29.8 Å². The van der Waals surface area contributed by atoms with E-state index in [4.69, 9.17) is 0 Å². The lowest BCUT2D eigenvalue weighted by atomic mass is 10.1. The molecule has 5 heteroatoms. The van der Waals surface area contributed by atoms with Gasteiger partial charge in [-0.3, -0.25) is 4.79 Å². The van der Waals surface area contributed by atoms with Crippen LogP contribution in [0.25, 0.3) is 0 Å². The maximum atomic E-state index is 11.8. The number of nitrogens with zero attached hydrogens (tertiary/aromatic N) is 1. The van der Waals surface area contributed by atoms with E-state index in [9.17, 15) is 9.59 Å². The van der Waals surface area contributed by atoms with E-state index in [1.807, 2.05) is 29.2 Å². The average molecular weight is 289 g/mol. The van der Waals surface area contributed by atoms with Crippen molar-refractivity contribution in [2.75, 3.05) is 25.0 Å². The van der Waals surface area contributed by atoms with Crippen LogP contribution in [0.3, 0.4) is 0 Å². The fourth-order valence-electron chi connectivity index (χ4n) is 2.41. The molecule has 0 spiro atoms. The van der Waals surface area contributed by atoms with Gasteiger partial charge in [-0.1, -0.05) is 19.1 Å². The quantitative estimate of drug-likeness (QED) is 0.874. The Balaban J connectivity index is 1.68. The molecular formula is C16H23N3O2. The Morgan fingerprint density at radius 3 is 2.43 bits per heavy atom. The van der Waals surface area contributed by atoms with Crippen LogP contribution >= 0.6 is 0 Å². The highest BCUT2D eigenvalue weighted by Crippen LogP contribution is 2.10. The first-order chi connectivity index (χ1) is 10.2. The molecule has 0 atom stereocenters. The van der Waals surface area contributed by atoms with Crippen LogP contribution in [0.5, 0.6) is 0 Å². The number of urea groups is 1. The molecule has 1 heterocycles. The summed E-state index contributed by atoms with van der Waals surface area (Å²) in [6.45, 7) is 4.17. The molecule has 1 aliphatic rings. The lowest BCUT2D eigenvalue weighted by Gasteiger charge is -2.15. The molecule has 0 aromatic heterocycles. The number of nitrogens with one attached hydrogen (secondary N) is 2. The average Bonchev–Trinajstić information content (AvgIpc) is 3.02. The van der Waals surface area contributed by atoms with E-state index < -0.39 is 0 Å².